The lowest BCUT2D eigenvalue weighted by Gasteiger charge is -2.07. The largest absolute Gasteiger partial charge is 0.348 e. The van der Waals surface area contributed by atoms with Crippen LogP contribution in [0.2, 0.25) is 5.02 Å². The van der Waals surface area contributed by atoms with Gasteiger partial charge in [-0.3, -0.25) is 14.6 Å². The van der Waals surface area contributed by atoms with Crippen molar-refractivity contribution < 1.29 is 9.59 Å². The molecule has 1 aliphatic rings. The average Bonchev–Trinajstić information content (AvgIpc) is 3.31. The molecule has 0 bridgehead atoms. The zero-order chi connectivity index (χ0) is 15.5. The molecule has 1 heterocycles. The summed E-state index contributed by atoms with van der Waals surface area (Å²) in [6.45, 7) is 0. The number of carbonyl (C=O) groups is 2. The van der Waals surface area contributed by atoms with Gasteiger partial charge in [-0.25, -0.2) is 0 Å². The lowest BCUT2D eigenvalue weighted by atomic mass is 10.2. The minimum atomic E-state index is -0.315. The van der Waals surface area contributed by atoms with E-state index in [0.29, 0.717) is 16.3 Å². The Hall–Kier alpha value is -2.40. The number of hydrogen-bond acceptors (Lipinski definition) is 3. The molecule has 0 atom stereocenters. The number of pyridine rings is 1. The second kappa shape index (κ2) is 6.15. The number of aromatic nitrogens is 1. The molecule has 1 saturated carbocycles. The molecule has 0 radical (unpaired) electrons. The van der Waals surface area contributed by atoms with Crippen LogP contribution in [-0.2, 0) is 0 Å². The van der Waals surface area contributed by atoms with Crippen molar-refractivity contribution in [3.63, 3.8) is 0 Å². The van der Waals surface area contributed by atoms with Crippen molar-refractivity contribution in [2.75, 3.05) is 5.32 Å². The number of anilines is 1. The molecular formula is C16H14ClN3O2. The van der Waals surface area contributed by atoms with Crippen molar-refractivity contribution in [2.45, 2.75) is 18.9 Å². The molecule has 1 aromatic heterocycles. The maximum absolute atomic E-state index is 12.2. The standard InChI is InChI=1S/C16H14ClN3O2/c17-11-2-1-3-13(9-11)20-15(21)10-6-7-18-14(8-10)16(22)19-12-4-5-12/h1-3,6-9,12H,4-5H2,(H,19,22)(H,20,21). The fraction of sp³-hybridized carbons (Fsp3) is 0.188. The van der Waals surface area contributed by atoms with E-state index in [9.17, 15) is 9.59 Å². The summed E-state index contributed by atoms with van der Waals surface area (Å²) in [6.07, 6.45) is 3.45. The topological polar surface area (TPSA) is 71.1 Å². The lowest BCUT2D eigenvalue weighted by Crippen LogP contribution is -2.26. The van der Waals surface area contributed by atoms with E-state index >= 15 is 0 Å². The summed E-state index contributed by atoms with van der Waals surface area (Å²) in [6, 6.07) is 10.2. The van der Waals surface area contributed by atoms with E-state index in [0.717, 1.165) is 12.8 Å². The number of carbonyl (C=O) groups excluding carboxylic acids is 2. The highest BCUT2D eigenvalue weighted by Crippen LogP contribution is 2.19. The first-order valence-corrected chi connectivity index (χ1v) is 7.33. The maximum Gasteiger partial charge on any atom is 0.270 e. The zero-order valence-corrected chi connectivity index (χ0v) is 12.4. The van der Waals surface area contributed by atoms with Gasteiger partial charge in [-0.2, -0.15) is 0 Å². The number of nitrogens with one attached hydrogen (secondary N) is 2. The van der Waals surface area contributed by atoms with Gasteiger partial charge in [-0.1, -0.05) is 17.7 Å². The van der Waals surface area contributed by atoms with Gasteiger partial charge in [0.05, 0.1) is 0 Å². The molecule has 2 amide bonds. The van der Waals surface area contributed by atoms with E-state index in [1.807, 2.05) is 0 Å². The molecule has 112 valence electrons. The maximum atomic E-state index is 12.2. The van der Waals surface area contributed by atoms with Gasteiger partial charge in [-0.05, 0) is 43.2 Å². The predicted molar refractivity (Wildman–Crippen MR) is 84.1 cm³/mol. The number of halogens is 1. The van der Waals surface area contributed by atoms with Gasteiger partial charge >= 0.3 is 0 Å². The zero-order valence-electron chi connectivity index (χ0n) is 11.7. The summed E-state index contributed by atoms with van der Waals surface area (Å²) in [7, 11) is 0. The fourth-order valence-electron chi connectivity index (χ4n) is 1.95. The van der Waals surface area contributed by atoms with E-state index in [1.165, 1.54) is 12.3 Å². The second-order valence-electron chi connectivity index (χ2n) is 5.14. The number of hydrogen-bond donors (Lipinski definition) is 2. The quantitative estimate of drug-likeness (QED) is 0.911. The van der Waals surface area contributed by atoms with E-state index in [-0.39, 0.29) is 23.6 Å². The van der Waals surface area contributed by atoms with Crippen molar-refractivity contribution >= 4 is 29.1 Å². The van der Waals surface area contributed by atoms with Crippen molar-refractivity contribution in [2.24, 2.45) is 0 Å². The van der Waals surface area contributed by atoms with Gasteiger partial charge in [0.15, 0.2) is 0 Å². The third-order valence-electron chi connectivity index (χ3n) is 3.25. The van der Waals surface area contributed by atoms with Crippen LogP contribution in [0.1, 0.15) is 33.7 Å². The Kier molecular flexibility index (Phi) is 4.06. The van der Waals surface area contributed by atoms with Gasteiger partial charge in [0, 0.05) is 28.5 Å². The molecule has 3 rings (SSSR count). The first kappa shape index (κ1) is 14.5. The molecule has 6 heteroatoms. The minimum absolute atomic E-state index is 0.241. The van der Waals surface area contributed by atoms with Crippen LogP contribution in [0.3, 0.4) is 0 Å². The number of rotatable bonds is 4. The van der Waals surface area contributed by atoms with E-state index in [2.05, 4.69) is 15.6 Å². The second-order valence-corrected chi connectivity index (χ2v) is 5.58. The van der Waals surface area contributed by atoms with E-state index < -0.39 is 0 Å². The Labute approximate surface area is 132 Å². The smallest absolute Gasteiger partial charge is 0.270 e. The van der Waals surface area contributed by atoms with Crippen LogP contribution in [0.4, 0.5) is 5.69 Å². The molecule has 1 fully saturated rings. The number of amides is 2. The average molecular weight is 316 g/mol. The van der Waals surface area contributed by atoms with Gasteiger partial charge in [0.1, 0.15) is 5.69 Å². The molecule has 2 N–H and O–H groups in total. The van der Waals surface area contributed by atoms with E-state index in [4.69, 9.17) is 11.6 Å². The van der Waals surface area contributed by atoms with Crippen molar-refractivity contribution in [1.82, 2.24) is 10.3 Å². The van der Waals surface area contributed by atoms with E-state index in [1.54, 1.807) is 30.3 Å². The highest BCUT2D eigenvalue weighted by molar-refractivity contribution is 6.31. The molecule has 0 saturated heterocycles. The normalized spacial score (nSPS) is 13.5. The van der Waals surface area contributed by atoms with Crippen LogP contribution >= 0.6 is 11.6 Å². The van der Waals surface area contributed by atoms with Crippen LogP contribution < -0.4 is 10.6 Å². The Morgan fingerprint density at radius 1 is 1.14 bits per heavy atom. The lowest BCUT2D eigenvalue weighted by molar-refractivity contribution is 0.0946. The Morgan fingerprint density at radius 2 is 1.95 bits per heavy atom. The molecule has 1 aliphatic carbocycles. The minimum Gasteiger partial charge on any atom is -0.348 e. The predicted octanol–water partition coefficient (Wildman–Crippen LogP) is 2.88. The first-order chi connectivity index (χ1) is 10.6. The summed E-state index contributed by atoms with van der Waals surface area (Å²) in [5, 5.41) is 6.12. The molecule has 22 heavy (non-hydrogen) atoms. The molecule has 1 aromatic carbocycles. The molecular weight excluding hydrogens is 302 g/mol. The highest BCUT2D eigenvalue weighted by atomic mass is 35.5. The van der Waals surface area contributed by atoms with Crippen LogP contribution in [0.5, 0.6) is 0 Å². The molecule has 5 nitrogen and oxygen atoms in total. The number of nitrogens with zero attached hydrogens (tertiary/aromatic N) is 1. The van der Waals surface area contributed by atoms with Crippen LogP contribution in [0.15, 0.2) is 42.6 Å². The van der Waals surface area contributed by atoms with Gasteiger partial charge < -0.3 is 10.6 Å². The van der Waals surface area contributed by atoms with Gasteiger partial charge in [0.25, 0.3) is 11.8 Å². The third-order valence-corrected chi connectivity index (χ3v) is 3.48. The Balaban J connectivity index is 1.73. The van der Waals surface area contributed by atoms with Gasteiger partial charge in [0.2, 0.25) is 0 Å². The number of benzene rings is 1. The summed E-state index contributed by atoms with van der Waals surface area (Å²) >= 11 is 5.88. The summed E-state index contributed by atoms with van der Waals surface area (Å²) in [5.74, 6) is -0.565. The first-order valence-electron chi connectivity index (χ1n) is 6.95. The SMILES string of the molecule is O=C(Nc1cccc(Cl)c1)c1ccnc(C(=O)NC2CC2)c1. The summed E-state index contributed by atoms with van der Waals surface area (Å²) < 4.78 is 0. The summed E-state index contributed by atoms with van der Waals surface area (Å²) in [5.41, 5.74) is 1.21. The van der Waals surface area contributed by atoms with Crippen LogP contribution in [-0.4, -0.2) is 22.8 Å². The molecule has 2 aromatic rings. The van der Waals surface area contributed by atoms with Crippen molar-refractivity contribution in [1.29, 1.82) is 0 Å². The molecule has 0 unspecified atom stereocenters. The molecule has 0 aliphatic heterocycles. The Bertz CT molecular complexity index is 729. The van der Waals surface area contributed by atoms with Gasteiger partial charge in [-0.15, -0.1) is 0 Å². The Morgan fingerprint density at radius 3 is 2.68 bits per heavy atom. The summed E-state index contributed by atoms with van der Waals surface area (Å²) in [4.78, 5) is 28.2. The fourth-order valence-corrected chi connectivity index (χ4v) is 2.14. The van der Waals surface area contributed by atoms with Crippen molar-refractivity contribution in [3.05, 3.63) is 58.9 Å². The molecule has 0 spiro atoms. The van der Waals surface area contributed by atoms with Crippen LogP contribution in [0.25, 0.3) is 0 Å². The third kappa shape index (κ3) is 3.62. The van der Waals surface area contributed by atoms with Crippen molar-refractivity contribution in [3.8, 4) is 0 Å². The van der Waals surface area contributed by atoms with Crippen LogP contribution in [0, 0.1) is 0 Å². The highest BCUT2D eigenvalue weighted by Gasteiger charge is 2.24. The monoisotopic (exact) mass is 315 g/mol.